The molecule has 1 fully saturated rings. The highest BCUT2D eigenvalue weighted by Crippen LogP contribution is 2.15. The summed E-state index contributed by atoms with van der Waals surface area (Å²) in [6, 6.07) is 8.14. The van der Waals surface area contributed by atoms with E-state index in [-0.39, 0.29) is 11.9 Å². The fourth-order valence-electron chi connectivity index (χ4n) is 2.40. The van der Waals surface area contributed by atoms with Crippen LogP contribution in [0.2, 0.25) is 0 Å². The van der Waals surface area contributed by atoms with E-state index in [4.69, 9.17) is 0 Å². The van der Waals surface area contributed by atoms with Crippen LogP contribution in [0.15, 0.2) is 41.1 Å². The summed E-state index contributed by atoms with van der Waals surface area (Å²) in [7, 11) is 0. The summed E-state index contributed by atoms with van der Waals surface area (Å²) in [5, 5.41) is 10.3. The molecule has 1 aromatic carbocycles. The van der Waals surface area contributed by atoms with Crippen molar-refractivity contribution in [2.24, 2.45) is 0 Å². The molecule has 0 saturated carbocycles. The highest BCUT2D eigenvalue weighted by Gasteiger charge is 2.23. The van der Waals surface area contributed by atoms with Crippen molar-refractivity contribution in [3.05, 3.63) is 46.7 Å². The van der Waals surface area contributed by atoms with Gasteiger partial charge in [0, 0.05) is 25.0 Å². The average molecular weight is 349 g/mol. The number of carbonyl (C=O) groups excluding carboxylic acids is 1. The molecule has 21 heavy (non-hydrogen) atoms. The summed E-state index contributed by atoms with van der Waals surface area (Å²) in [5.41, 5.74) is 2.24. The Kier molecular flexibility index (Phi) is 4.24. The number of anilines is 1. The van der Waals surface area contributed by atoms with E-state index in [9.17, 15) is 4.79 Å². The van der Waals surface area contributed by atoms with Gasteiger partial charge in [0.15, 0.2) is 0 Å². The van der Waals surface area contributed by atoms with Gasteiger partial charge >= 0.3 is 0 Å². The van der Waals surface area contributed by atoms with Crippen LogP contribution in [0.25, 0.3) is 0 Å². The standard InChI is InChI=1S/C15H17BrN4O/c16-12-9-18-20(10-12)8-6-11-1-3-13(4-2-11)19-14-5-7-17-15(14)21/h1-4,9-10,14,19H,5-8H2,(H,17,21)/t14-/m0/s1. The van der Waals surface area contributed by atoms with Gasteiger partial charge in [0.05, 0.1) is 10.7 Å². The molecule has 2 aromatic rings. The number of carbonyl (C=O) groups is 1. The largest absolute Gasteiger partial charge is 0.374 e. The van der Waals surface area contributed by atoms with Gasteiger partial charge in [-0.25, -0.2) is 0 Å². The Morgan fingerprint density at radius 1 is 1.38 bits per heavy atom. The number of aryl methyl sites for hydroxylation is 2. The van der Waals surface area contributed by atoms with Crippen LogP contribution < -0.4 is 10.6 Å². The number of rotatable bonds is 5. The third-order valence-electron chi connectivity index (χ3n) is 3.57. The lowest BCUT2D eigenvalue weighted by molar-refractivity contribution is -0.119. The molecule has 110 valence electrons. The molecule has 0 aliphatic carbocycles. The van der Waals surface area contributed by atoms with Gasteiger partial charge in [-0.15, -0.1) is 0 Å². The number of benzene rings is 1. The van der Waals surface area contributed by atoms with Crippen molar-refractivity contribution in [1.82, 2.24) is 15.1 Å². The zero-order valence-electron chi connectivity index (χ0n) is 11.6. The first kappa shape index (κ1) is 14.1. The molecule has 0 unspecified atom stereocenters. The Morgan fingerprint density at radius 3 is 2.81 bits per heavy atom. The van der Waals surface area contributed by atoms with Gasteiger partial charge in [0.25, 0.3) is 0 Å². The molecular weight excluding hydrogens is 332 g/mol. The van der Waals surface area contributed by atoms with Gasteiger partial charge in [-0.3, -0.25) is 9.48 Å². The topological polar surface area (TPSA) is 59.0 Å². The Labute approximate surface area is 131 Å². The lowest BCUT2D eigenvalue weighted by Gasteiger charge is -2.12. The number of amides is 1. The number of halogens is 1. The monoisotopic (exact) mass is 348 g/mol. The summed E-state index contributed by atoms with van der Waals surface area (Å²) >= 11 is 3.39. The quantitative estimate of drug-likeness (QED) is 0.870. The smallest absolute Gasteiger partial charge is 0.242 e. The van der Waals surface area contributed by atoms with Crippen molar-refractivity contribution in [2.45, 2.75) is 25.4 Å². The molecule has 5 nitrogen and oxygen atoms in total. The number of hydrogen-bond acceptors (Lipinski definition) is 3. The predicted octanol–water partition coefficient (Wildman–Crippen LogP) is 2.19. The van der Waals surface area contributed by atoms with Crippen molar-refractivity contribution in [3.8, 4) is 0 Å². The number of nitrogens with zero attached hydrogens (tertiary/aromatic N) is 2. The maximum absolute atomic E-state index is 11.5. The van der Waals surface area contributed by atoms with E-state index in [0.29, 0.717) is 0 Å². The molecule has 3 rings (SSSR count). The normalized spacial score (nSPS) is 17.8. The molecule has 0 spiro atoms. The van der Waals surface area contributed by atoms with E-state index >= 15 is 0 Å². The van der Waals surface area contributed by atoms with Crippen LogP contribution in [-0.2, 0) is 17.8 Å². The Bertz CT molecular complexity index is 623. The summed E-state index contributed by atoms with van der Waals surface area (Å²) in [6.45, 7) is 1.61. The van der Waals surface area contributed by atoms with Gasteiger partial charge < -0.3 is 10.6 Å². The average Bonchev–Trinajstić information content (AvgIpc) is 3.08. The summed E-state index contributed by atoms with van der Waals surface area (Å²) in [4.78, 5) is 11.5. The molecular formula is C15H17BrN4O. The van der Waals surface area contributed by atoms with Crippen LogP contribution in [0, 0.1) is 0 Å². The van der Waals surface area contributed by atoms with Crippen molar-refractivity contribution < 1.29 is 4.79 Å². The third-order valence-corrected chi connectivity index (χ3v) is 3.98. The zero-order chi connectivity index (χ0) is 14.7. The van der Waals surface area contributed by atoms with Crippen LogP contribution in [0.4, 0.5) is 5.69 Å². The second-order valence-electron chi connectivity index (χ2n) is 5.15. The van der Waals surface area contributed by atoms with Crippen molar-refractivity contribution >= 4 is 27.5 Å². The van der Waals surface area contributed by atoms with Crippen LogP contribution in [0.1, 0.15) is 12.0 Å². The first-order chi connectivity index (χ1) is 10.2. The van der Waals surface area contributed by atoms with E-state index in [1.165, 1.54) is 5.56 Å². The second-order valence-corrected chi connectivity index (χ2v) is 6.06. The number of hydrogen-bond donors (Lipinski definition) is 2. The first-order valence-corrected chi connectivity index (χ1v) is 7.81. The molecule has 0 radical (unpaired) electrons. The molecule has 0 bridgehead atoms. The van der Waals surface area contributed by atoms with E-state index in [2.05, 4.69) is 43.8 Å². The molecule has 1 aliphatic heterocycles. The molecule has 1 amide bonds. The first-order valence-electron chi connectivity index (χ1n) is 7.02. The van der Waals surface area contributed by atoms with E-state index < -0.39 is 0 Å². The van der Waals surface area contributed by atoms with Crippen LogP contribution in [0.3, 0.4) is 0 Å². The predicted molar refractivity (Wildman–Crippen MR) is 85.1 cm³/mol. The Hall–Kier alpha value is -1.82. The molecule has 1 aromatic heterocycles. The lowest BCUT2D eigenvalue weighted by Crippen LogP contribution is -2.29. The summed E-state index contributed by atoms with van der Waals surface area (Å²) in [5.74, 6) is 0.0864. The van der Waals surface area contributed by atoms with Crippen molar-refractivity contribution in [3.63, 3.8) is 0 Å². The Morgan fingerprint density at radius 2 is 2.19 bits per heavy atom. The molecule has 1 aliphatic rings. The van der Waals surface area contributed by atoms with Gasteiger partial charge in [0.1, 0.15) is 6.04 Å². The highest BCUT2D eigenvalue weighted by molar-refractivity contribution is 9.10. The SMILES string of the molecule is O=C1NCC[C@@H]1Nc1ccc(CCn2cc(Br)cn2)cc1. The van der Waals surface area contributed by atoms with Crippen molar-refractivity contribution in [2.75, 3.05) is 11.9 Å². The Balaban J connectivity index is 1.55. The fraction of sp³-hybridized carbons (Fsp3) is 0.333. The molecule has 1 atom stereocenters. The minimum Gasteiger partial charge on any atom is -0.374 e. The summed E-state index contributed by atoms with van der Waals surface area (Å²) < 4.78 is 2.91. The minimum absolute atomic E-state index is 0.0864. The van der Waals surface area contributed by atoms with Gasteiger partial charge in [0.2, 0.25) is 5.91 Å². The highest BCUT2D eigenvalue weighted by atomic mass is 79.9. The van der Waals surface area contributed by atoms with E-state index in [1.54, 1.807) is 6.20 Å². The van der Waals surface area contributed by atoms with Gasteiger partial charge in [-0.2, -0.15) is 5.10 Å². The number of aromatic nitrogens is 2. The van der Waals surface area contributed by atoms with Crippen LogP contribution >= 0.6 is 15.9 Å². The maximum atomic E-state index is 11.5. The lowest BCUT2D eigenvalue weighted by atomic mass is 10.1. The maximum Gasteiger partial charge on any atom is 0.242 e. The zero-order valence-corrected chi connectivity index (χ0v) is 13.1. The molecule has 1 saturated heterocycles. The van der Waals surface area contributed by atoms with E-state index in [1.807, 2.05) is 23.0 Å². The molecule has 2 heterocycles. The third kappa shape index (κ3) is 3.64. The van der Waals surface area contributed by atoms with Crippen LogP contribution in [-0.4, -0.2) is 28.3 Å². The molecule has 2 N–H and O–H groups in total. The van der Waals surface area contributed by atoms with Crippen molar-refractivity contribution in [1.29, 1.82) is 0 Å². The second kappa shape index (κ2) is 6.30. The fourth-order valence-corrected chi connectivity index (χ4v) is 2.73. The van der Waals surface area contributed by atoms with Gasteiger partial charge in [-0.05, 0) is 46.5 Å². The van der Waals surface area contributed by atoms with Gasteiger partial charge in [-0.1, -0.05) is 12.1 Å². The minimum atomic E-state index is -0.0997. The molecule has 6 heteroatoms. The van der Waals surface area contributed by atoms with E-state index in [0.717, 1.165) is 36.1 Å². The summed E-state index contributed by atoms with van der Waals surface area (Å²) in [6.07, 6.45) is 5.53. The number of nitrogens with one attached hydrogen (secondary N) is 2. The van der Waals surface area contributed by atoms with Crippen LogP contribution in [0.5, 0.6) is 0 Å².